The first-order valence-electron chi connectivity index (χ1n) is 10.3. The number of hydrogen-bond donors (Lipinski definition) is 3. The number of ether oxygens (including phenoxy) is 1. The van der Waals surface area contributed by atoms with Crippen molar-refractivity contribution in [2.24, 2.45) is 11.8 Å². The van der Waals surface area contributed by atoms with Gasteiger partial charge in [0.15, 0.2) is 0 Å². The molecule has 2 aliphatic carbocycles. The molecule has 2 aromatic rings. The van der Waals surface area contributed by atoms with Gasteiger partial charge in [-0.2, -0.15) is 0 Å². The summed E-state index contributed by atoms with van der Waals surface area (Å²) in [6, 6.07) is 11.7. The SMILES string of the molecule is N=Cc1cc(Oc2ccc(P)cc2CNC(=O)C2CC2)ccc1NCC1CCC1. The fraction of sp³-hybridized carbons (Fsp3) is 0.391. The molecule has 0 radical (unpaired) electrons. The molecule has 0 bridgehead atoms. The Bertz CT molecular complexity index is 907. The van der Waals surface area contributed by atoms with Crippen molar-refractivity contribution in [2.45, 2.75) is 38.6 Å². The van der Waals surface area contributed by atoms with Gasteiger partial charge in [0, 0.05) is 42.0 Å². The van der Waals surface area contributed by atoms with E-state index in [1.165, 1.54) is 25.5 Å². The van der Waals surface area contributed by atoms with Gasteiger partial charge in [0.1, 0.15) is 11.5 Å². The maximum absolute atomic E-state index is 12.0. The third-order valence-corrected chi connectivity index (χ3v) is 6.06. The molecule has 2 saturated carbocycles. The summed E-state index contributed by atoms with van der Waals surface area (Å²) in [6.07, 6.45) is 7.26. The van der Waals surface area contributed by atoms with Gasteiger partial charge in [-0.1, -0.05) is 12.5 Å². The summed E-state index contributed by atoms with van der Waals surface area (Å²) < 4.78 is 6.14. The first-order chi connectivity index (χ1) is 14.1. The Balaban J connectivity index is 1.45. The van der Waals surface area contributed by atoms with Crippen LogP contribution in [0, 0.1) is 17.2 Å². The van der Waals surface area contributed by atoms with Crippen molar-refractivity contribution in [1.29, 1.82) is 5.41 Å². The molecule has 2 fully saturated rings. The molecule has 3 N–H and O–H groups in total. The number of anilines is 1. The number of nitrogens with one attached hydrogen (secondary N) is 3. The average Bonchev–Trinajstić information content (AvgIpc) is 3.53. The van der Waals surface area contributed by atoms with E-state index >= 15 is 0 Å². The van der Waals surface area contributed by atoms with Crippen LogP contribution in [-0.2, 0) is 11.3 Å². The maximum atomic E-state index is 12.0. The normalized spacial score (nSPS) is 16.0. The van der Waals surface area contributed by atoms with E-state index in [0.29, 0.717) is 12.3 Å². The van der Waals surface area contributed by atoms with E-state index in [0.717, 1.165) is 53.2 Å². The lowest BCUT2D eigenvalue weighted by Gasteiger charge is -2.26. The van der Waals surface area contributed by atoms with Gasteiger partial charge in [-0.15, -0.1) is 9.24 Å². The predicted molar refractivity (Wildman–Crippen MR) is 121 cm³/mol. The molecular formula is C23H28N3O2P. The first kappa shape index (κ1) is 19.9. The van der Waals surface area contributed by atoms with E-state index in [2.05, 4.69) is 19.9 Å². The van der Waals surface area contributed by atoms with Crippen molar-refractivity contribution in [1.82, 2.24) is 5.32 Å². The van der Waals surface area contributed by atoms with Crippen LogP contribution in [0.15, 0.2) is 36.4 Å². The van der Waals surface area contributed by atoms with Crippen LogP contribution in [0.2, 0.25) is 0 Å². The van der Waals surface area contributed by atoms with E-state index in [9.17, 15) is 4.79 Å². The zero-order valence-corrected chi connectivity index (χ0v) is 17.7. The van der Waals surface area contributed by atoms with Crippen LogP contribution in [-0.4, -0.2) is 18.7 Å². The second kappa shape index (κ2) is 8.96. The number of rotatable bonds is 9. The fourth-order valence-electron chi connectivity index (χ4n) is 3.47. The van der Waals surface area contributed by atoms with E-state index in [-0.39, 0.29) is 11.8 Å². The molecule has 0 spiro atoms. The molecule has 0 saturated heterocycles. The van der Waals surface area contributed by atoms with Gasteiger partial charge in [-0.05, 0) is 67.2 Å². The van der Waals surface area contributed by atoms with Gasteiger partial charge in [-0.25, -0.2) is 0 Å². The summed E-state index contributed by atoms with van der Waals surface area (Å²) >= 11 is 0. The number of hydrogen-bond acceptors (Lipinski definition) is 4. The van der Waals surface area contributed by atoms with Gasteiger partial charge in [-0.3, -0.25) is 4.79 Å². The molecule has 2 aromatic carbocycles. The van der Waals surface area contributed by atoms with Crippen LogP contribution in [0.1, 0.15) is 43.2 Å². The lowest BCUT2D eigenvalue weighted by atomic mass is 9.85. The molecule has 4 rings (SSSR count). The van der Waals surface area contributed by atoms with Gasteiger partial charge < -0.3 is 20.8 Å². The third kappa shape index (κ3) is 5.16. The monoisotopic (exact) mass is 409 g/mol. The Morgan fingerprint density at radius 1 is 1.17 bits per heavy atom. The molecule has 0 aliphatic heterocycles. The quantitative estimate of drug-likeness (QED) is 0.429. The summed E-state index contributed by atoms with van der Waals surface area (Å²) in [5, 5.41) is 15.3. The topological polar surface area (TPSA) is 74.2 Å². The van der Waals surface area contributed by atoms with Gasteiger partial charge in [0.2, 0.25) is 5.91 Å². The van der Waals surface area contributed by atoms with Crippen LogP contribution in [0.25, 0.3) is 0 Å². The highest BCUT2D eigenvalue weighted by Crippen LogP contribution is 2.31. The van der Waals surface area contributed by atoms with Crippen LogP contribution < -0.4 is 20.7 Å². The second-order valence-corrected chi connectivity index (χ2v) is 8.70. The molecule has 152 valence electrons. The molecule has 29 heavy (non-hydrogen) atoms. The fourth-order valence-corrected chi connectivity index (χ4v) is 3.77. The Labute approximate surface area is 174 Å². The zero-order chi connectivity index (χ0) is 20.2. The zero-order valence-electron chi connectivity index (χ0n) is 16.5. The summed E-state index contributed by atoms with van der Waals surface area (Å²) in [5.41, 5.74) is 2.72. The number of carbonyl (C=O) groups is 1. The average molecular weight is 409 g/mol. The van der Waals surface area contributed by atoms with Crippen LogP contribution >= 0.6 is 9.24 Å². The van der Waals surface area contributed by atoms with Crippen molar-refractivity contribution < 1.29 is 9.53 Å². The van der Waals surface area contributed by atoms with Crippen molar-refractivity contribution >= 4 is 32.4 Å². The molecule has 0 aromatic heterocycles. The molecule has 6 heteroatoms. The third-order valence-electron chi connectivity index (χ3n) is 5.70. The lowest BCUT2D eigenvalue weighted by Crippen LogP contribution is -2.24. The smallest absolute Gasteiger partial charge is 0.223 e. The van der Waals surface area contributed by atoms with E-state index in [1.807, 2.05) is 36.4 Å². The minimum Gasteiger partial charge on any atom is -0.457 e. The summed E-state index contributed by atoms with van der Waals surface area (Å²) in [5.74, 6) is 2.47. The maximum Gasteiger partial charge on any atom is 0.223 e. The minimum atomic E-state index is 0.123. The Kier molecular flexibility index (Phi) is 6.15. The highest BCUT2D eigenvalue weighted by Gasteiger charge is 2.29. The summed E-state index contributed by atoms with van der Waals surface area (Å²) in [7, 11) is 2.68. The predicted octanol–water partition coefficient (Wildman–Crippen LogP) is 4.22. The molecule has 1 unspecified atom stereocenters. The Morgan fingerprint density at radius 3 is 2.69 bits per heavy atom. The number of carbonyl (C=O) groups excluding carboxylic acids is 1. The minimum absolute atomic E-state index is 0.123. The van der Waals surface area contributed by atoms with Crippen LogP contribution in [0.4, 0.5) is 5.69 Å². The van der Waals surface area contributed by atoms with Crippen LogP contribution in [0.3, 0.4) is 0 Å². The van der Waals surface area contributed by atoms with Gasteiger partial charge in [0.25, 0.3) is 0 Å². The van der Waals surface area contributed by atoms with E-state index in [1.54, 1.807) is 0 Å². The molecule has 2 aliphatic rings. The first-order valence-corrected chi connectivity index (χ1v) is 10.9. The molecule has 1 atom stereocenters. The Hall–Kier alpha value is -2.39. The largest absolute Gasteiger partial charge is 0.457 e. The van der Waals surface area contributed by atoms with Crippen molar-refractivity contribution in [2.75, 3.05) is 11.9 Å². The molecule has 1 amide bonds. The highest BCUT2D eigenvalue weighted by atomic mass is 31.0. The van der Waals surface area contributed by atoms with Crippen molar-refractivity contribution in [3.8, 4) is 11.5 Å². The van der Waals surface area contributed by atoms with Gasteiger partial charge in [0.05, 0.1) is 0 Å². The number of benzene rings is 2. The lowest BCUT2D eigenvalue weighted by molar-refractivity contribution is -0.122. The number of amides is 1. The van der Waals surface area contributed by atoms with Crippen molar-refractivity contribution in [3.05, 3.63) is 47.5 Å². The molecular weight excluding hydrogens is 381 g/mol. The van der Waals surface area contributed by atoms with E-state index in [4.69, 9.17) is 10.1 Å². The molecule has 0 heterocycles. The summed E-state index contributed by atoms with van der Waals surface area (Å²) in [4.78, 5) is 12.0. The molecule has 5 nitrogen and oxygen atoms in total. The standard InChI is InChI=1S/C23H28N3O2P/c24-12-17-10-19(6-8-21(17)25-13-15-2-1-3-15)28-22-9-7-20(29)11-18(22)14-26-23(27)16-4-5-16/h6-12,15-16,24-25H,1-5,13-14,29H2,(H,26,27). The second-order valence-electron chi connectivity index (χ2n) is 8.03. The Morgan fingerprint density at radius 2 is 2.00 bits per heavy atom. The van der Waals surface area contributed by atoms with Crippen molar-refractivity contribution in [3.63, 3.8) is 0 Å². The van der Waals surface area contributed by atoms with Crippen LogP contribution in [0.5, 0.6) is 11.5 Å². The van der Waals surface area contributed by atoms with Gasteiger partial charge >= 0.3 is 0 Å². The highest BCUT2D eigenvalue weighted by molar-refractivity contribution is 7.27. The van der Waals surface area contributed by atoms with E-state index < -0.39 is 0 Å². The summed E-state index contributed by atoms with van der Waals surface area (Å²) in [6.45, 7) is 1.41.